The maximum atomic E-state index is 13.2. The van der Waals surface area contributed by atoms with Crippen LogP contribution in [0.4, 0.5) is 15.8 Å². The summed E-state index contributed by atoms with van der Waals surface area (Å²) in [7, 11) is 1.66. The van der Waals surface area contributed by atoms with Crippen LogP contribution in [0.25, 0.3) is 0 Å². The molecule has 7 nitrogen and oxygen atoms in total. The standard InChI is InChI=1S/C21H24FN3O4.ClH/c1-29-21-7-3-2-5-18(21)24-13-11-23(12-14-24)10-4-6-20(26)17-9-8-16(22)15-19(17)25(27)28;/h2-3,5,7-9,15H,4,6,10-14H2,1H3;1H. The van der Waals surface area contributed by atoms with Crippen molar-refractivity contribution in [3.63, 3.8) is 0 Å². The van der Waals surface area contributed by atoms with Crippen molar-refractivity contribution < 1.29 is 18.8 Å². The van der Waals surface area contributed by atoms with Gasteiger partial charge in [-0.05, 0) is 37.2 Å². The lowest BCUT2D eigenvalue weighted by Crippen LogP contribution is -2.46. The molecule has 2 aromatic rings. The molecule has 1 fully saturated rings. The molecular weight excluding hydrogens is 413 g/mol. The lowest BCUT2D eigenvalue weighted by Gasteiger charge is -2.36. The maximum absolute atomic E-state index is 13.2. The van der Waals surface area contributed by atoms with Gasteiger partial charge in [-0.15, -0.1) is 12.4 Å². The molecule has 1 aliphatic rings. The third-order valence-corrected chi connectivity index (χ3v) is 5.13. The number of nitrogens with zero attached hydrogens (tertiary/aromatic N) is 3. The first-order chi connectivity index (χ1) is 14.0. The summed E-state index contributed by atoms with van der Waals surface area (Å²) < 4.78 is 18.7. The van der Waals surface area contributed by atoms with Crippen LogP contribution in [0.15, 0.2) is 42.5 Å². The fourth-order valence-corrected chi connectivity index (χ4v) is 3.59. The van der Waals surface area contributed by atoms with Crippen molar-refractivity contribution in [1.29, 1.82) is 0 Å². The minimum Gasteiger partial charge on any atom is -0.495 e. The first-order valence-electron chi connectivity index (χ1n) is 9.57. The molecule has 1 saturated heterocycles. The Morgan fingerprint density at radius 2 is 1.87 bits per heavy atom. The Hall–Kier alpha value is -2.71. The SMILES string of the molecule is COc1ccccc1N1CCN(CCCC(=O)c2ccc(F)cc2[N+](=O)[O-])CC1.Cl. The molecule has 30 heavy (non-hydrogen) atoms. The number of rotatable bonds is 8. The third kappa shape index (κ3) is 5.67. The number of para-hydroxylation sites is 2. The zero-order valence-electron chi connectivity index (χ0n) is 16.8. The number of hydrogen-bond donors (Lipinski definition) is 0. The first-order valence-corrected chi connectivity index (χ1v) is 9.57. The number of carbonyl (C=O) groups is 1. The number of ether oxygens (including phenoxy) is 1. The van der Waals surface area contributed by atoms with E-state index in [0.29, 0.717) is 6.42 Å². The number of carbonyl (C=O) groups excluding carboxylic acids is 1. The second kappa shape index (κ2) is 10.9. The number of Topliss-reactive ketones (excluding diaryl/α,β-unsaturated/α-hetero) is 1. The van der Waals surface area contributed by atoms with E-state index in [1.807, 2.05) is 24.3 Å². The molecular formula is C21H25ClFN3O4. The number of anilines is 1. The minimum absolute atomic E-state index is 0. The van der Waals surface area contributed by atoms with Gasteiger partial charge in [0, 0.05) is 32.6 Å². The summed E-state index contributed by atoms with van der Waals surface area (Å²) in [5.74, 6) is -0.196. The zero-order chi connectivity index (χ0) is 20.8. The summed E-state index contributed by atoms with van der Waals surface area (Å²) in [6.45, 7) is 4.18. The summed E-state index contributed by atoms with van der Waals surface area (Å²) in [6, 6.07) is 11.0. The van der Waals surface area contributed by atoms with Crippen LogP contribution in [0.1, 0.15) is 23.2 Å². The van der Waals surface area contributed by atoms with Gasteiger partial charge in [0.05, 0.1) is 29.4 Å². The minimum atomic E-state index is -0.721. The molecule has 162 valence electrons. The summed E-state index contributed by atoms with van der Waals surface area (Å²) in [5.41, 5.74) is 0.575. The van der Waals surface area contributed by atoms with Gasteiger partial charge < -0.3 is 9.64 Å². The molecule has 0 bridgehead atoms. The maximum Gasteiger partial charge on any atom is 0.283 e. The van der Waals surface area contributed by atoms with Crippen molar-refractivity contribution in [1.82, 2.24) is 4.90 Å². The molecule has 0 amide bonds. The average Bonchev–Trinajstić information content (AvgIpc) is 2.74. The monoisotopic (exact) mass is 437 g/mol. The van der Waals surface area contributed by atoms with E-state index in [9.17, 15) is 19.3 Å². The molecule has 0 spiro atoms. The van der Waals surface area contributed by atoms with Gasteiger partial charge in [-0.2, -0.15) is 0 Å². The van der Waals surface area contributed by atoms with Crippen molar-refractivity contribution in [3.8, 4) is 5.75 Å². The van der Waals surface area contributed by atoms with Crippen molar-refractivity contribution in [2.45, 2.75) is 12.8 Å². The average molecular weight is 438 g/mol. The molecule has 0 N–H and O–H groups in total. The van der Waals surface area contributed by atoms with Gasteiger partial charge in [0.15, 0.2) is 5.78 Å². The fraction of sp³-hybridized carbons (Fsp3) is 0.381. The molecule has 0 saturated carbocycles. The van der Waals surface area contributed by atoms with Crippen molar-refractivity contribution in [3.05, 3.63) is 64.0 Å². The first kappa shape index (κ1) is 23.6. The van der Waals surface area contributed by atoms with E-state index in [1.165, 1.54) is 6.07 Å². The lowest BCUT2D eigenvalue weighted by atomic mass is 10.0. The van der Waals surface area contributed by atoms with E-state index in [0.717, 1.165) is 56.3 Å². The van der Waals surface area contributed by atoms with Gasteiger partial charge in [0.25, 0.3) is 5.69 Å². The van der Waals surface area contributed by atoms with Crippen LogP contribution >= 0.6 is 12.4 Å². The molecule has 0 aliphatic carbocycles. The van der Waals surface area contributed by atoms with E-state index in [-0.39, 0.29) is 30.2 Å². The molecule has 9 heteroatoms. The summed E-state index contributed by atoms with van der Waals surface area (Å²) in [4.78, 5) is 27.3. The molecule has 0 aromatic heterocycles. The van der Waals surface area contributed by atoms with Crippen LogP contribution in [0.3, 0.4) is 0 Å². The fourth-order valence-electron chi connectivity index (χ4n) is 3.59. The van der Waals surface area contributed by atoms with Gasteiger partial charge >= 0.3 is 0 Å². The molecule has 0 radical (unpaired) electrons. The molecule has 1 heterocycles. The van der Waals surface area contributed by atoms with Crippen LogP contribution in [-0.2, 0) is 0 Å². The lowest BCUT2D eigenvalue weighted by molar-refractivity contribution is -0.385. The van der Waals surface area contributed by atoms with E-state index in [2.05, 4.69) is 9.80 Å². The molecule has 0 atom stereocenters. The molecule has 1 aliphatic heterocycles. The predicted octanol–water partition coefficient (Wildman–Crippen LogP) is 3.95. The normalized spacial score (nSPS) is 14.1. The van der Waals surface area contributed by atoms with Gasteiger partial charge in [-0.25, -0.2) is 4.39 Å². The quantitative estimate of drug-likeness (QED) is 0.353. The number of ketones is 1. The second-order valence-electron chi connectivity index (χ2n) is 6.95. The number of methoxy groups -OCH3 is 1. The Morgan fingerprint density at radius 1 is 1.17 bits per heavy atom. The highest BCUT2D eigenvalue weighted by Gasteiger charge is 2.22. The van der Waals surface area contributed by atoms with E-state index >= 15 is 0 Å². The highest BCUT2D eigenvalue weighted by Crippen LogP contribution is 2.28. The number of nitro groups is 1. The van der Waals surface area contributed by atoms with E-state index < -0.39 is 16.4 Å². The van der Waals surface area contributed by atoms with Gasteiger partial charge in [-0.3, -0.25) is 19.8 Å². The summed E-state index contributed by atoms with van der Waals surface area (Å²) in [6.07, 6.45) is 0.793. The van der Waals surface area contributed by atoms with Gasteiger partial charge in [-0.1, -0.05) is 12.1 Å². The van der Waals surface area contributed by atoms with Crippen LogP contribution in [0.5, 0.6) is 5.75 Å². The van der Waals surface area contributed by atoms with E-state index in [4.69, 9.17) is 4.74 Å². The molecule has 2 aromatic carbocycles. The molecule has 3 rings (SSSR count). The number of hydrogen-bond acceptors (Lipinski definition) is 6. The van der Waals surface area contributed by atoms with Crippen LogP contribution in [0, 0.1) is 15.9 Å². The van der Waals surface area contributed by atoms with Gasteiger partial charge in [0.2, 0.25) is 0 Å². The van der Waals surface area contributed by atoms with Crippen LogP contribution < -0.4 is 9.64 Å². The third-order valence-electron chi connectivity index (χ3n) is 5.13. The Kier molecular flexibility index (Phi) is 8.56. The van der Waals surface area contributed by atoms with Crippen LogP contribution in [-0.4, -0.2) is 55.4 Å². The number of nitro benzene ring substituents is 1. The smallest absolute Gasteiger partial charge is 0.283 e. The van der Waals surface area contributed by atoms with Gasteiger partial charge in [0.1, 0.15) is 11.6 Å². The summed E-state index contributed by atoms with van der Waals surface area (Å²) in [5, 5.41) is 11.1. The number of halogens is 2. The van der Waals surface area contributed by atoms with E-state index in [1.54, 1.807) is 7.11 Å². The second-order valence-corrected chi connectivity index (χ2v) is 6.95. The topological polar surface area (TPSA) is 75.9 Å². The van der Waals surface area contributed by atoms with Crippen LogP contribution in [0.2, 0.25) is 0 Å². The van der Waals surface area contributed by atoms with Crippen molar-refractivity contribution in [2.24, 2.45) is 0 Å². The number of benzene rings is 2. The van der Waals surface area contributed by atoms with Crippen molar-refractivity contribution in [2.75, 3.05) is 44.7 Å². The molecule has 0 unspecified atom stereocenters. The Balaban J connectivity index is 0.00000320. The Bertz CT molecular complexity index is 888. The zero-order valence-corrected chi connectivity index (χ0v) is 17.6. The Labute approximate surface area is 181 Å². The van der Waals surface area contributed by atoms with Crippen molar-refractivity contribution >= 4 is 29.6 Å². The summed E-state index contributed by atoms with van der Waals surface area (Å²) >= 11 is 0. The largest absolute Gasteiger partial charge is 0.495 e. The Morgan fingerprint density at radius 3 is 2.53 bits per heavy atom. The number of piperazine rings is 1. The highest BCUT2D eigenvalue weighted by molar-refractivity contribution is 5.99. The highest BCUT2D eigenvalue weighted by atomic mass is 35.5. The predicted molar refractivity (Wildman–Crippen MR) is 116 cm³/mol.